The third-order valence-electron chi connectivity index (χ3n) is 7.87. The van der Waals surface area contributed by atoms with E-state index in [1.807, 2.05) is 31.2 Å². The second kappa shape index (κ2) is 11.9. The lowest BCUT2D eigenvalue weighted by molar-refractivity contribution is -0.122. The highest BCUT2D eigenvalue weighted by molar-refractivity contribution is 8.00. The highest BCUT2D eigenvalue weighted by Crippen LogP contribution is 2.54. The SMILES string of the molecule is COc1ccc(N2C(=O)C3Sc4c(sc(=O)n4CC(=O)Nc4ccccc4C)[C@H](c4ccc(OC)c(OC)c4)C3C2=O)cc1. The van der Waals surface area contributed by atoms with Crippen molar-refractivity contribution in [3.05, 3.63) is 92.4 Å². The molecule has 0 bridgehead atoms. The van der Waals surface area contributed by atoms with Crippen molar-refractivity contribution in [3.8, 4) is 17.2 Å². The summed E-state index contributed by atoms with van der Waals surface area (Å²) in [6.45, 7) is 1.64. The van der Waals surface area contributed by atoms with Crippen molar-refractivity contribution in [2.24, 2.45) is 5.92 Å². The smallest absolute Gasteiger partial charge is 0.308 e. The number of hydrogen-bond donors (Lipinski definition) is 1. The van der Waals surface area contributed by atoms with Gasteiger partial charge in [-0.1, -0.05) is 47.4 Å². The predicted octanol–water partition coefficient (Wildman–Crippen LogP) is 4.68. The lowest BCUT2D eigenvalue weighted by Crippen LogP contribution is -2.33. The van der Waals surface area contributed by atoms with E-state index >= 15 is 0 Å². The maximum Gasteiger partial charge on any atom is 0.308 e. The first-order valence-electron chi connectivity index (χ1n) is 13.7. The van der Waals surface area contributed by atoms with Crippen LogP contribution in [0.25, 0.3) is 0 Å². The lowest BCUT2D eigenvalue weighted by Gasteiger charge is -2.31. The Hall–Kier alpha value is -4.55. The molecule has 10 nitrogen and oxygen atoms in total. The van der Waals surface area contributed by atoms with Crippen LogP contribution in [0.5, 0.6) is 17.2 Å². The molecule has 0 radical (unpaired) electrons. The van der Waals surface area contributed by atoms with Gasteiger partial charge in [0, 0.05) is 16.5 Å². The van der Waals surface area contributed by atoms with Crippen molar-refractivity contribution >= 4 is 52.2 Å². The van der Waals surface area contributed by atoms with Gasteiger partial charge in [0.25, 0.3) is 0 Å². The molecule has 0 aliphatic carbocycles. The largest absolute Gasteiger partial charge is 0.497 e. The molecule has 3 aromatic carbocycles. The third kappa shape index (κ3) is 5.03. The maximum absolute atomic E-state index is 14.1. The minimum Gasteiger partial charge on any atom is -0.497 e. The van der Waals surface area contributed by atoms with Crippen molar-refractivity contribution in [2.45, 2.75) is 29.7 Å². The summed E-state index contributed by atoms with van der Waals surface area (Å²) in [5.41, 5.74) is 2.66. The Morgan fingerprint density at radius 2 is 1.61 bits per heavy atom. The number of ether oxygens (including phenoxy) is 3. The summed E-state index contributed by atoms with van der Waals surface area (Å²) in [4.78, 5) is 56.2. The molecule has 3 amide bonds. The Labute approximate surface area is 261 Å². The zero-order chi connectivity index (χ0) is 31.1. The number of thioether (sulfide) groups is 1. The summed E-state index contributed by atoms with van der Waals surface area (Å²) in [6, 6.07) is 19.4. The normalized spacial score (nSPS) is 18.9. The first kappa shape index (κ1) is 29.5. The molecule has 44 heavy (non-hydrogen) atoms. The Balaban J connectivity index is 1.44. The van der Waals surface area contributed by atoms with Crippen molar-refractivity contribution in [1.29, 1.82) is 0 Å². The van der Waals surface area contributed by atoms with Gasteiger partial charge in [-0.3, -0.25) is 23.7 Å². The van der Waals surface area contributed by atoms with E-state index in [1.165, 1.54) is 23.7 Å². The van der Waals surface area contributed by atoms with E-state index < -0.39 is 17.1 Å². The van der Waals surface area contributed by atoms with Crippen LogP contribution in [0.1, 0.15) is 21.9 Å². The van der Waals surface area contributed by atoms with Crippen LogP contribution in [0.4, 0.5) is 11.4 Å². The van der Waals surface area contributed by atoms with E-state index in [1.54, 1.807) is 49.6 Å². The highest BCUT2D eigenvalue weighted by Gasteiger charge is 2.57. The number of aromatic nitrogens is 1. The molecule has 1 N–H and O–H groups in total. The van der Waals surface area contributed by atoms with Crippen molar-refractivity contribution < 1.29 is 28.6 Å². The fourth-order valence-electron chi connectivity index (χ4n) is 5.69. The molecule has 6 rings (SSSR count). The van der Waals surface area contributed by atoms with Crippen LogP contribution >= 0.6 is 23.1 Å². The number of aryl methyl sites for hydroxylation is 1. The van der Waals surface area contributed by atoms with E-state index in [4.69, 9.17) is 14.2 Å². The molecular weight excluding hydrogens is 603 g/mol. The van der Waals surface area contributed by atoms with Crippen LogP contribution in [0, 0.1) is 12.8 Å². The van der Waals surface area contributed by atoms with Gasteiger partial charge in [0.05, 0.1) is 38.0 Å². The van der Waals surface area contributed by atoms with Gasteiger partial charge in [0.1, 0.15) is 17.5 Å². The molecule has 1 fully saturated rings. The number of nitrogens with one attached hydrogen (secondary N) is 1. The summed E-state index contributed by atoms with van der Waals surface area (Å²) in [6.07, 6.45) is 0. The second-order valence-electron chi connectivity index (χ2n) is 10.4. The molecule has 2 unspecified atom stereocenters. The molecule has 4 aromatic rings. The van der Waals surface area contributed by atoms with Crippen LogP contribution in [0.3, 0.4) is 0 Å². The summed E-state index contributed by atoms with van der Waals surface area (Å²) in [7, 11) is 4.59. The Morgan fingerprint density at radius 3 is 2.30 bits per heavy atom. The van der Waals surface area contributed by atoms with Crippen LogP contribution in [-0.4, -0.2) is 48.9 Å². The summed E-state index contributed by atoms with van der Waals surface area (Å²) in [5, 5.41) is 2.55. The van der Waals surface area contributed by atoms with Gasteiger partial charge in [-0.2, -0.15) is 0 Å². The number of rotatable bonds is 8. The van der Waals surface area contributed by atoms with E-state index in [9.17, 15) is 19.2 Å². The standard InChI is InChI=1S/C32H29N3O7S2/c1-17-7-5-6-8-21(17)33-24(36)16-34-31-28(44-32(34)39)25(18-9-14-22(41-3)23(15-18)42-4)26-27(43-31)30(38)35(29(26)37)19-10-12-20(40-2)13-11-19/h5-15,25-27H,16H2,1-4H3,(H,33,36)/t25-,26?,27?/m1/s1. The number of hydrogen-bond acceptors (Lipinski definition) is 9. The summed E-state index contributed by atoms with van der Waals surface area (Å²) < 4.78 is 17.6. The number of para-hydroxylation sites is 1. The average Bonchev–Trinajstić information content (AvgIpc) is 3.47. The minimum atomic E-state index is -0.824. The number of imide groups is 1. The van der Waals surface area contributed by atoms with Gasteiger partial charge >= 0.3 is 4.87 Å². The monoisotopic (exact) mass is 631 g/mol. The van der Waals surface area contributed by atoms with Gasteiger partial charge in [0.2, 0.25) is 17.7 Å². The molecule has 1 aromatic heterocycles. The summed E-state index contributed by atoms with van der Waals surface area (Å²) in [5.74, 6) is -1.02. The molecule has 12 heteroatoms. The van der Waals surface area contributed by atoms with Crippen molar-refractivity contribution in [2.75, 3.05) is 31.5 Å². The van der Waals surface area contributed by atoms with E-state index in [0.29, 0.717) is 44.1 Å². The first-order valence-corrected chi connectivity index (χ1v) is 15.4. The van der Waals surface area contributed by atoms with Crippen molar-refractivity contribution in [1.82, 2.24) is 4.57 Å². The topological polar surface area (TPSA) is 116 Å². The maximum atomic E-state index is 14.1. The average molecular weight is 632 g/mol. The van der Waals surface area contributed by atoms with Crippen molar-refractivity contribution in [3.63, 3.8) is 0 Å². The quantitative estimate of drug-likeness (QED) is 0.279. The number of thiazole rings is 1. The molecule has 0 saturated carbocycles. The number of fused-ring (bicyclic) bond motifs is 2. The van der Waals surface area contributed by atoms with Gasteiger partial charge in [-0.05, 0) is 60.5 Å². The molecule has 1 saturated heterocycles. The van der Waals surface area contributed by atoms with E-state index in [0.717, 1.165) is 28.7 Å². The molecule has 2 aliphatic rings. The molecule has 3 atom stereocenters. The van der Waals surface area contributed by atoms with Gasteiger partial charge in [-0.15, -0.1) is 0 Å². The number of anilines is 2. The molecule has 3 heterocycles. The van der Waals surface area contributed by atoms with Crippen LogP contribution in [0.2, 0.25) is 0 Å². The van der Waals surface area contributed by atoms with Gasteiger partial charge < -0.3 is 19.5 Å². The number of carbonyl (C=O) groups excluding carboxylic acids is 3. The zero-order valence-electron chi connectivity index (χ0n) is 24.4. The fourth-order valence-corrected chi connectivity index (χ4v) is 8.47. The number of nitrogens with zero attached hydrogens (tertiary/aromatic N) is 2. The van der Waals surface area contributed by atoms with Crippen LogP contribution < -0.4 is 29.3 Å². The van der Waals surface area contributed by atoms with Crippen LogP contribution in [0.15, 0.2) is 76.6 Å². The van der Waals surface area contributed by atoms with E-state index in [-0.39, 0.29) is 29.1 Å². The lowest BCUT2D eigenvalue weighted by atomic mass is 9.83. The molecule has 2 aliphatic heterocycles. The van der Waals surface area contributed by atoms with Crippen LogP contribution in [-0.2, 0) is 20.9 Å². The Morgan fingerprint density at radius 1 is 0.886 bits per heavy atom. The van der Waals surface area contributed by atoms with Gasteiger partial charge in [0.15, 0.2) is 11.5 Å². The number of carbonyl (C=O) groups is 3. The van der Waals surface area contributed by atoms with Gasteiger partial charge in [-0.25, -0.2) is 4.90 Å². The second-order valence-corrected chi connectivity index (χ2v) is 12.5. The highest BCUT2D eigenvalue weighted by atomic mass is 32.2. The minimum absolute atomic E-state index is 0.244. The fraction of sp³-hybridized carbons (Fsp3) is 0.250. The Kier molecular flexibility index (Phi) is 7.95. The number of benzene rings is 3. The Bertz CT molecular complexity index is 1830. The third-order valence-corrected chi connectivity index (χ3v) is 10.5. The predicted molar refractivity (Wildman–Crippen MR) is 168 cm³/mol. The molecule has 0 spiro atoms. The first-order chi connectivity index (χ1) is 21.2. The molecule has 226 valence electrons. The van der Waals surface area contributed by atoms with E-state index in [2.05, 4.69) is 5.32 Å². The summed E-state index contributed by atoms with van der Waals surface area (Å²) >= 11 is 2.15. The number of methoxy groups -OCH3 is 3. The number of amides is 3. The zero-order valence-corrected chi connectivity index (χ0v) is 26.0. The molecular formula is C32H29N3O7S2.